The number of benzene rings is 2. The van der Waals surface area contributed by atoms with Crippen LogP contribution >= 0.6 is 0 Å². The molecule has 0 aromatic heterocycles. The summed E-state index contributed by atoms with van der Waals surface area (Å²) in [7, 11) is 0. The molecule has 1 heterocycles. The SMILES string of the molecule is Cc1ccccc1C1CN(C(=O)c2cccc(C(=O)O)c2)C(C)CO1. The van der Waals surface area contributed by atoms with Gasteiger partial charge in [0, 0.05) is 5.56 Å². The van der Waals surface area contributed by atoms with E-state index < -0.39 is 5.97 Å². The molecule has 1 aliphatic rings. The number of carbonyl (C=O) groups is 2. The van der Waals surface area contributed by atoms with E-state index in [1.807, 2.05) is 38.1 Å². The van der Waals surface area contributed by atoms with E-state index in [1.165, 1.54) is 12.1 Å². The third kappa shape index (κ3) is 3.56. The van der Waals surface area contributed by atoms with Gasteiger partial charge in [0.2, 0.25) is 0 Å². The van der Waals surface area contributed by atoms with E-state index in [-0.39, 0.29) is 23.6 Å². The van der Waals surface area contributed by atoms with Crippen LogP contribution in [0.25, 0.3) is 0 Å². The fourth-order valence-corrected chi connectivity index (χ4v) is 3.13. The molecule has 0 saturated carbocycles. The Labute approximate surface area is 146 Å². The molecule has 0 bridgehead atoms. The molecule has 1 N–H and O–H groups in total. The summed E-state index contributed by atoms with van der Waals surface area (Å²) in [6.07, 6.45) is -0.177. The predicted molar refractivity (Wildman–Crippen MR) is 93.8 cm³/mol. The molecule has 2 aromatic carbocycles. The van der Waals surface area contributed by atoms with E-state index in [0.717, 1.165) is 11.1 Å². The molecule has 0 spiro atoms. The molecule has 2 atom stereocenters. The number of aryl methyl sites for hydroxylation is 1. The summed E-state index contributed by atoms with van der Waals surface area (Å²) in [4.78, 5) is 25.8. The fraction of sp³-hybridized carbons (Fsp3) is 0.300. The molecular formula is C20H21NO4. The van der Waals surface area contributed by atoms with Gasteiger partial charge in [0.15, 0.2) is 0 Å². The van der Waals surface area contributed by atoms with Gasteiger partial charge in [-0.3, -0.25) is 4.79 Å². The summed E-state index contributed by atoms with van der Waals surface area (Å²) in [6, 6.07) is 14.1. The van der Waals surface area contributed by atoms with Crippen molar-refractivity contribution in [1.82, 2.24) is 4.90 Å². The largest absolute Gasteiger partial charge is 0.478 e. The van der Waals surface area contributed by atoms with Crippen molar-refractivity contribution in [2.24, 2.45) is 0 Å². The fourth-order valence-electron chi connectivity index (χ4n) is 3.13. The molecule has 1 aliphatic heterocycles. The van der Waals surface area contributed by atoms with Gasteiger partial charge in [-0.2, -0.15) is 0 Å². The summed E-state index contributed by atoms with van der Waals surface area (Å²) in [6.45, 7) is 4.86. The van der Waals surface area contributed by atoms with Crippen molar-refractivity contribution in [3.05, 3.63) is 70.8 Å². The number of carbonyl (C=O) groups excluding carboxylic acids is 1. The van der Waals surface area contributed by atoms with E-state index in [9.17, 15) is 9.59 Å². The number of carboxylic acid groups (broad SMARTS) is 1. The summed E-state index contributed by atoms with van der Waals surface area (Å²) >= 11 is 0. The minimum Gasteiger partial charge on any atom is -0.478 e. The number of aromatic carboxylic acids is 1. The molecule has 0 aliphatic carbocycles. The summed E-state index contributed by atoms with van der Waals surface area (Å²) < 4.78 is 5.95. The second kappa shape index (κ2) is 7.07. The number of hydrogen-bond donors (Lipinski definition) is 1. The van der Waals surface area contributed by atoms with Crippen LogP contribution in [0.5, 0.6) is 0 Å². The molecule has 0 radical (unpaired) electrons. The van der Waals surface area contributed by atoms with Gasteiger partial charge >= 0.3 is 5.97 Å². The highest BCUT2D eigenvalue weighted by atomic mass is 16.5. The Balaban J connectivity index is 1.85. The lowest BCUT2D eigenvalue weighted by molar-refractivity contribution is -0.0489. The van der Waals surface area contributed by atoms with Gasteiger partial charge in [-0.15, -0.1) is 0 Å². The van der Waals surface area contributed by atoms with Crippen molar-refractivity contribution in [3.8, 4) is 0 Å². The van der Waals surface area contributed by atoms with E-state index in [0.29, 0.717) is 18.7 Å². The number of carboxylic acids is 1. The number of hydrogen-bond acceptors (Lipinski definition) is 3. The molecular weight excluding hydrogens is 318 g/mol. The van der Waals surface area contributed by atoms with Gasteiger partial charge in [-0.1, -0.05) is 30.3 Å². The molecule has 1 fully saturated rings. The quantitative estimate of drug-likeness (QED) is 0.932. The maximum Gasteiger partial charge on any atom is 0.335 e. The van der Waals surface area contributed by atoms with Crippen LogP contribution < -0.4 is 0 Å². The standard InChI is InChI=1S/C20H21NO4/c1-13-6-3-4-9-17(13)18-11-21(14(2)12-25-18)19(22)15-7-5-8-16(10-15)20(23)24/h3-10,14,18H,11-12H2,1-2H3,(H,23,24). The molecule has 2 unspecified atom stereocenters. The first-order valence-electron chi connectivity index (χ1n) is 8.29. The Morgan fingerprint density at radius 3 is 2.56 bits per heavy atom. The third-order valence-corrected chi connectivity index (χ3v) is 4.59. The van der Waals surface area contributed by atoms with Crippen LogP contribution in [0.15, 0.2) is 48.5 Å². The van der Waals surface area contributed by atoms with E-state index in [1.54, 1.807) is 17.0 Å². The molecule has 1 saturated heterocycles. The minimum absolute atomic E-state index is 0.0683. The van der Waals surface area contributed by atoms with Gasteiger partial charge in [-0.25, -0.2) is 4.79 Å². The molecule has 5 heteroatoms. The van der Waals surface area contributed by atoms with Crippen molar-refractivity contribution in [1.29, 1.82) is 0 Å². The maximum absolute atomic E-state index is 12.9. The number of morpholine rings is 1. The van der Waals surface area contributed by atoms with Crippen LogP contribution in [-0.2, 0) is 4.74 Å². The topological polar surface area (TPSA) is 66.8 Å². The average molecular weight is 339 g/mol. The van der Waals surface area contributed by atoms with Crippen molar-refractivity contribution >= 4 is 11.9 Å². The monoisotopic (exact) mass is 339 g/mol. The molecule has 2 aromatic rings. The number of ether oxygens (including phenoxy) is 1. The van der Waals surface area contributed by atoms with Crippen molar-refractivity contribution in [2.45, 2.75) is 26.0 Å². The van der Waals surface area contributed by atoms with E-state index in [4.69, 9.17) is 9.84 Å². The van der Waals surface area contributed by atoms with Gasteiger partial charge in [0.05, 0.1) is 24.8 Å². The molecule has 130 valence electrons. The summed E-state index contributed by atoms with van der Waals surface area (Å²) in [5.41, 5.74) is 2.70. The highest BCUT2D eigenvalue weighted by molar-refractivity contribution is 5.97. The Bertz CT molecular complexity index is 802. The second-order valence-electron chi connectivity index (χ2n) is 6.37. The predicted octanol–water partition coefficient (Wildman–Crippen LogP) is 3.30. The number of amides is 1. The number of rotatable bonds is 3. The molecule has 25 heavy (non-hydrogen) atoms. The zero-order valence-corrected chi connectivity index (χ0v) is 14.3. The van der Waals surface area contributed by atoms with E-state index >= 15 is 0 Å². The lowest BCUT2D eigenvalue weighted by Crippen LogP contribution is -2.48. The van der Waals surface area contributed by atoms with Crippen LogP contribution in [0, 0.1) is 6.92 Å². The molecule has 3 rings (SSSR count). The summed E-state index contributed by atoms with van der Waals surface area (Å²) in [5, 5.41) is 9.13. The first-order valence-corrected chi connectivity index (χ1v) is 8.29. The van der Waals surface area contributed by atoms with Crippen LogP contribution in [-0.4, -0.2) is 41.1 Å². The van der Waals surface area contributed by atoms with Crippen LogP contribution in [0.3, 0.4) is 0 Å². The Morgan fingerprint density at radius 2 is 1.84 bits per heavy atom. The Morgan fingerprint density at radius 1 is 1.12 bits per heavy atom. The zero-order chi connectivity index (χ0) is 18.0. The normalized spacial score (nSPS) is 20.3. The van der Waals surface area contributed by atoms with Gasteiger partial charge < -0.3 is 14.7 Å². The van der Waals surface area contributed by atoms with Gasteiger partial charge in [-0.05, 0) is 43.2 Å². The van der Waals surface area contributed by atoms with E-state index in [2.05, 4.69) is 0 Å². The first kappa shape index (κ1) is 17.2. The Kier molecular flexibility index (Phi) is 4.86. The molecule has 1 amide bonds. The van der Waals surface area contributed by atoms with Gasteiger partial charge in [0.1, 0.15) is 6.10 Å². The van der Waals surface area contributed by atoms with Crippen LogP contribution in [0.4, 0.5) is 0 Å². The second-order valence-corrected chi connectivity index (χ2v) is 6.37. The highest BCUT2D eigenvalue weighted by Gasteiger charge is 2.31. The average Bonchev–Trinajstić information content (AvgIpc) is 2.62. The highest BCUT2D eigenvalue weighted by Crippen LogP contribution is 2.28. The number of nitrogens with zero attached hydrogens (tertiary/aromatic N) is 1. The van der Waals surface area contributed by atoms with Crippen molar-refractivity contribution in [2.75, 3.05) is 13.2 Å². The third-order valence-electron chi connectivity index (χ3n) is 4.59. The molecule has 5 nitrogen and oxygen atoms in total. The zero-order valence-electron chi connectivity index (χ0n) is 14.3. The Hall–Kier alpha value is -2.66. The lowest BCUT2D eigenvalue weighted by atomic mass is 10.0. The summed E-state index contributed by atoms with van der Waals surface area (Å²) in [5.74, 6) is -1.21. The van der Waals surface area contributed by atoms with Crippen LogP contribution in [0.2, 0.25) is 0 Å². The van der Waals surface area contributed by atoms with Gasteiger partial charge in [0.25, 0.3) is 5.91 Å². The lowest BCUT2D eigenvalue weighted by Gasteiger charge is -2.38. The maximum atomic E-state index is 12.9. The van der Waals surface area contributed by atoms with Crippen molar-refractivity contribution in [3.63, 3.8) is 0 Å². The minimum atomic E-state index is -1.04. The van der Waals surface area contributed by atoms with Crippen molar-refractivity contribution < 1.29 is 19.4 Å². The van der Waals surface area contributed by atoms with Crippen LogP contribution in [0.1, 0.15) is 44.9 Å². The smallest absolute Gasteiger partial charge is 0.335 e. The first-order chi connectivity index (χ1) is 12.0.